The second-order valence-corrected chi connectivity index (χ2v) is 12.9. The first-order valence-corrected chi connectivity index (χ1v) is 14.9. The van der Waals surface area contributed by atoms with Gasteiger partial charge in [-0.15, -0.1) is 6.58 Å². The van der Waals surface area contributed by atoms with Crippen LogP contribution >= 0.6 is 0 Å². The van der Waals surface area contributed by atoms with Gasteiger partial charge in [-0.2, -0.15) is 0 Å². The molecule has 2 aromatic carbocycles. The minimum atomic E-state index is -1.000. The number of rotatable bonds is 10. The van der Waals surface area contributed by atoms with Gasteiger partial charge in [0.2, 0.25) is 11.8 Å². The minimum Gasteiger partial charge on any atom is -0.471 e. The fraction of sp³-hybridized carbons (Fsp3) is 0.400. The zero-order valence-electron chi connectivity index (χ0n) is 26.8. The lowest BCUT2D eigenvalue weighted by Gasteiger charge is -2.35. The van der Waals surface area contributed by atoms with Crippen molar-refractivity contribution in [2.45, 2.75) is 59.2 Å². The van der Waals surface area contributed by atoms with Crippen LogP contribution in [0.15, 0.2) is 67.8 Å². The van der Waals surface area contributed by atoms with E-state index in [9.17, 15) is 14.4 Å². The van der Waals surface area contributed by atoms with Crippen molar-refractivity contribution >= 4 is 35.1 Å². The van der Waals surface area contributed by atoms with Crippen LogP contribution in [0.4, 0.5) is 4.79 Å². The molecule has 0 bridgehead atoms. The van der Waals surface area contributed by atoms with E-state index in [0.29, 0.717) is 16.7 Å². The van der Waals surface area contributed by atoms with Gasteiger partial charge >= 0.3 is 12.1 Å². The maximum absolute atomic E-state index is 14.1. The van der Waals surface area contributed by atoms with Crippen LogP contribution in [0.3, 0.4) is 0 Å². The highest BCUT2D eigenvalue weighted by Crippen LogP contribution is 2.33. The molecule has 1 aliphatic heterocycles. The van der Waals surface area contributed by atoms with E-state index in [1.165, 1.54) is 12.0 Å². The molecule has 0 aliphatic carbocycles. The van der Waals surface area contributed by atoms with Crippen molar-refractivity contribution in [1.29, 1.82) is 0 Å². The van der Waals surface area contributed by atoms with Crippen molar-refractivity contribution in [2.24, 2.45) is 10.8 Å². The van der Waals surface area contributed by atoms with Crippen molar-refractivity contribution in [2.75, 3.05) is 20.3 Å². The molecule has 0 unspecified atom stereocenters. The second kappa shape index (κ2) is 13.5. The van der Waals surface area contributed by atoms with E-state index in [4.69, 9.17) is 24.2 Å². The van der Waals surface area contributed by atoms with Gasteiger partial charge in [-0.1, -0.05) is 83.7 Å². The van der Waals surface area contributed by atoms with Crippen LogP contribution < -0.4 is 10.1 Å². The molecular formula is C35H42N4O6. The van der Waals surface area contributed by atoms with Crippen LogP contribution in [0.5, 0.6) is 5.88 Å². The second-order valence-electron chi connectivity index (χ2n) is 12.9. The Morgan fingerprint density at radius 2 is 1.73 bits per heavy atom. The lowest BCUT2D eigenvalue weighted by Crippen LogP contribution is -2.57. The third kappa shape index (κ3) is 7.87. The fourth-order valence-electron chi connectivity index (χ4n) is 5.00. The minimum absolute atomic E-state index is 0.0616. The maximum Gasteiger partial charge on any atom is 0.407 e. The van der Waals surface area contributed by atoms with Gasteiger partial charge in [0, 0.05) is 17.4 Å². The van der Waals surface area contributed by atoms with Gasteiger partial charge in [-0.25, -0.2) is 19.6 Å². The number of hydrogen-bond donors (Lipinski definition) is 1. The molecule has 1 fully saturated rings. The van der Waals surface area contributed by atoms with Gasteiger partial charge < -0.3 is 24.4 Å². The molecule has 1 saturated heterocycles. The molecule has 0 radical (unpaired) electrons. The summed E-state index contributed by atoms with van der Waals surface area (Å²) in [6.07, 6.45) is 2.25. The molecule has 238 valence electrons. The Bertz CT molecular complexity index is 1590. The molecule has 1 aromatic heterocycles. The average molecular weight is 615 g/mol. The van der Waals surface area contributed by atoms with Gasteiger partial charge in [0.25, 0.3) is 0 Å². The van der Waals surface area contributed by atoms with Crippen LogP contribution in [-0.4, -0.2) is 71.3 Å². The van der Waals surface area contributed by atoms with E-state index in [1.54, 1.807) is 12.2 Å². The van der Waals surface area contributed by atoms with Crippen LogP contribution in [0.2, 0.25) is 0 Å². The predicted octanol–water partition coefficient (Wildman–Crippen LogP) is 5.81. The van der Waals surface area contributed by atoms with E-state index < -0.39 is 47.0 Å². The van der Waals surface area contributed by atoms with Gasteiger partial charge in [-0.3, -0.25) is 4.79 Å². The highest BCUT2D eigenvalue weighted by atomic mass is 16.5. The van der Waals surface area contributed by atoms with Gasteiger partial charge in [0.15, 0.2) is 0 Å². The number of nitrogens with one attached hydrogen (secondary N) is 1. The summed E-state index contributed by atoms with van der Waals surface area (Å²) in [4.78, 5) is 50.9. The molecule has 1 N–H and O–H groups in total. The molecule has 45 heavy (non-hydrogen) atoms. The predicted molar refractivity (Wildman–Crippen MR) is 173 cm³/mol. The molecule has 1 aliphatic rings. The Morgan fingerprint density at radius 3 is 2.36 bits per heavy atom. The highest BCUT2D eigenvalue weighted by molar-refractivity contribution is 5.91. The summed E-state index contributed by atoms with van der Waals surface area (Å²) in [5.41, 5.74) is 2.40. The van der Waals surface area contributed by atoms with Gasteiger partial charge in [-0.05, 0) is 29.2 Å². The van der Waals surface area contributed by atoms with E-state index in [1.807, 2.05) is 83.1 Å². The normalized spacial score (nSPS) is 17.3. The molecule has 2 heterocycles. The number of para-hydroxylation sites is 2. The average Bonchev–Trinajstić information content (AvgIpc) is 3.45. The molecule has 10 nitrogen and oxygen atoms in total. The zero-order valence-corrected chi connectivity index (χ0v) is 26.8. The molecule has 0 spiro atoms. The number of ether oxygens (including phenoxy) is 3. The van der Waals surface area contributed by atoms with E-state index >= 15 is 0 Å². The van der Waals surface area contributed by atoms with Gasteiger partial charge in [0.05, 0.1) is 24.7 Å². The van der Waals surface area contributed by atoms with Crippen LogP contribution in [0.25, 0.3) is 28.4 Å². The first-order chi connectivity index (χ1) is 21.3. The number of carbonyl (C=O) groups is 3. The van der Waals surface area contributed by atoms with Crippen molar-refractivity contribution in [1.82, 2.24) is 20.2 Å². The quantitative estimate of drug-likeness (QED) is 0.224. The number of methoxy groups -OCH3 is 1. The van der Waals surface area contributed by atoms with E-state index in [0.717, 1.165) is 11.1 Å². The fourth-order valence-corrected chi connectivity index (χ4v) is 5.00. The summed E-state index contributed by atoms with van der Waals surface area (Å²) in [5, 5.41) is 2.72. The summed E-state index contributed by atoms with van der Waals surface area (Å²) in [6.45, 7) is 17.0. The SMILES string of the molecule is C=Cc1cccc(-c2nc3ccccc3nc2O[C@@H]2C[C@@H](C(=O)OC)N(C(=O)[C@@H](NC(=O)OCC(C)(C)C=C)C(C)(C)C)C2)c1. The summed E-state index contributed by atoms with van der Waals surface area (Å²) < 4.78 is 16.9. The molecule has 2 amide bonds. The number of benzene rings is 2. The summed E-state index contributed by atoms with van der Waals surface area (Å²) in [5.74, 6) is -0.759. The Balaban J connectivity index is 1.64. The molecule has 4 rings (SSSR count). The van der Waals surface area contributed by atoms with Crippen LogP contribution in [-0.2, 0) is 19.1 Å². The van der Waals surface area contributed by atoms with Crippen molar-refractivity contribution < 1.29 is 28.6 Å². The summed E-state index contributed by atoms with van der Waals surface area (Å²) >= 11 is 0. The van der Waals surface area contributed by atoms with E-state index in [2.05, 4.69) is 18.5 Å². The standard InChI is InChI=1S/C35H42N4O6/c1-9-22-14-13-15-23(18-22)28-30(37-26-17-12-11-16-25(26)36-28)45-24-19-27(32(41)43-8)39(20-24)31(40)29(34(3,4)5)38-33(42)44-21-35(6,7)10-2/h9-18,24,27,29H,1-2,19-21H2,3-8H3,(H,38,42)/t24-,27+,29-/m1/s1. The lowest BCUT2D eigenvalue weighted by molar-refractivity contribution is -0.152. The summed E-state index contributed by atoms with van der Waals surface area (Å²) in [7, 11) is 1.27. The number of carbonyl (C=O) groups excluding carboxylic acids is 3. The van der Waals surface area contributed by atoms with Crippen molar-refractivity contribution in [3.05, 3.63) is 73.3 Å². The van der Waals surface area contributed by atoms with Crippen LogP contribution in [0, 0.1) is 10.8 Å². The molecular weight excluding hydrogens is 572 g/mol. The first-order valence-electron chi connectivity index (χ1n) is 14.9. The third-order valence-electron chi connectivity index (χ3n) is 7.73. The van der Waals surface area contributed by atoms with Crippen molar-refractivity contribution in [3.63, 3.8) is 0 Å². The number of likely N-dealkylation sites (tertiary alicyclic amines) is 1. The Kier molecular flexibility index (Phi) is 9.95. The first kappa shape index (κ1) is 33.2. The topological polar surface area (TPSA) is 120 Å². The highest BCUT2D eigenvalue weighted by Gasteiger charge is 2.46. The number of nitrogens with zero attached hydrogens (tertiary/aromatic N) is 3. The number of fused-ring (bicyclic) bond motifs is 1. The largest absolute Gasteiger partial charge is 0.471 e. The molecule has 10 heteroatoms. The number of alkyl carbamates (subject to hydrolysis) is 1. The smallest absolute Gasteiger partial charge is 0.407 e. The monoisotopic (exact) mass is 614 g/mol. The lowest BCUT2D eigenvalue weighted by atomic mass is 9.85. The molecule has 0 saturated carbocycles. The van der Waals surface area contributed by atoms with Crippen molar-refractivity contribution in [3.8, 4) is 17.1 Å². The Labute approximate surface area is 264 Å². The number of esters is 1. The molecule has 3 aromatic rings. The van der Waals surface area contributed by atoms with Crippen LogP contribution in [0.1, 0.15) is 46.6 Å². The van der Waals surface area contributed by atoms with E-state index in [-0.39, 0.29) is 25.5 Å². The summed E-state index contributed by atoms with van der Waals surface area (Å²) in [6, 6.07) is 13.2. The number of hydrogen-bond acceptors (Lipinski definition) is 8. The maximum atomic E-state index is 14.1. The third-order valence-corrected chi connectivity index (χ3v) is 7.73. The molecule has 3 atom stereocenters. The number of amides is 2. The Morgan fingerprint density at radius 1 is 1.04 bits per heavy atom. The number of aromatic nitrogens is 2. The Hall–Kier alpha value is -4.73. The zero-order chi connectivity index (χ0) is 32.9. The van der Waals surface area contributed by atoms with Gasteiger partial charge in [0.1, 0.15) is 30.5 Å².